The standard InChI is InChI=1S/C13H18BrNO2S/c1-8-5-11(18-12(8)14)13(17)15-7-9-3-2-4-10(16)6-9/h5,9-10,16H,2-4,6-7H2,1H3,(H,15,17). The Morgan fingerprint density at radius 1 is 1.61 bits per heavy atom. The summed E-state index contributed by atoms with van der Waals surface area (Å²) in [5.41, 5.74) is 1.10. The average molecular weight is 332 g/mol. The van der Waals surface area contributed by atoms with Crippen molar-refractivity contribution in [1.29, 1.82) is 0 Å². The molecule has 2 N–H and O–H groups in total. The van der Waals surface area contributed by atoms with E-state index in [1.165, 1.54) is 11.3 Å². The van der Waals surface area contributed by atoms with Crippen LogP contribution < -0.4 is 5.32 Å². The number of aliphatic hydroxyl groups is 1. The van der Waals surface area contributed by atoms with Crippen molar-refractivity contribution in [2.45, 2.75) is 38.7 Å². The van der Waals surface area contributed by atoms with Gasteiger partial charge in [0.2, 0.25) is 0 Å². The molecule has 2 atom stereocenters. The van der Waals surface area contributed by atoms with E-state index in [0.717, 1.165) is 39.9 Å². The van der Waals surface area contributed by atoms with Gasteiger partial charge in [-0.05, 0) is 59.7 Å². The van der Waals surface area contributed by atoms with Crippen LogP contribution >= 0.6 is 27.3 Å². The first-order chi connectivity index (χ1) is 8.56. The first kappa shape index (κ1) is 14.0. The van der Waals surface area contributed by atoms with E-state index in [1.54, 1.807) is 0 Å². The van der Waals surface area contributed by atoms with E-state index in [1.807, 2.05) is 13.0 Å². The Labute approximate surface area is 120 Å². The minimum Gasteiger partial charge on any atom is -0.393 e. The maximum Gasteiger partial charge on any atom is 0.261 e. The van der Waals surface area contributed by atoms with Gasteiger partial charge in [-0.1, -0.05) is 6.42 Å². The molecule has 5 heteroatoms. The van der Waals surface area contributed by atoms with Crippen LogP contribution in [0.5, 0.6) is 0 Å². The zero-order valence-corrected chi connectivity index (χ0v) is 12.8. The molecule has 0 radical (unpaired) electrons. The fraction of sp³-hybridized carbons (Fsp3) is 0.615. The lowest BCUT2D eigenvalue weighted by Gasteiger charge is -2.25. The summed E-state index contributed by atoms with van der Waals surface area (Å²) in [5, 5.41) is 12.6. The average Bonchev–Trinajstić information content (AvgIpc) is 2.67. The molecule has 0 saturated heterocycles. The zero-order chi connectivity index (χ0) is 13.1. The summed E-state index contributed by atoms with van der Waals surface area (Å²) in [5.74, 6) is 0.413. The zero-order valence-electron chi connectivity index (χ0n) is 10.4. The maximum absolute atomic E-state index is 12.0. The van der Waals surface area contributed by atoms with Crippen molar-refractivity contribution in [2.75, 3.05) is 6.54 Å². The molecule has 0 bridgehead atoms. The van der Waals surface area contributed by atoms with Crippen molar-refractivity contribution in [2.24, 2.45) is 5.92 Å². The molecule has 1 aliphatic rings. The fourth-order valence-corrected chi connectivity index (χ4v) is 3.80. The number of aryl methyl sites for hydroxylation is 1. The lowest BCUT2D eigenvalue weighted by molar-refractivity contribution is 0.0876. The molecule has 18 heavy (non-hydrogen) atoms. The van der Waals surface area contributed by atoms with Crippen LogP contribution in [0.25, 0.3) is 0 Å². The smallest absolute Gasteiger partial charge is 0.261 e. The van der Waals surface area contributed by atoms with E-state index < -0.39 is 0 Å². The molecule has 3 nitrogen and oxygen atoms in total. The van der Waals surface area contributed by atoms with Gasteiger partial charge in [-0.3, -0.25) is 4.79 Å². The largest absolute Gasteiger partial charge is 0.393 e. The van der Waals surface area contributed by atoms with Crippen molar-refractivity contribution >= 4 is 33.2 Å². The number of thiophene rings is 1. The predicted octanol–water partition coefficient (Wildman–Crippen LogP) is 3.10. The monoisotopic (exact) mass is 331 g/mol. The van der Waals surface area contributed by atoms with Crippen LogP contribution in [0.4, 0.5) is 0 Å². The van der Waals surface area contributed by atoms with Crippen molar-refractivity contribution in [3.8, 4) is 0 Å². The molecular weight excluding hydrogens is 314 g/mol. The highest BCUT2D eigenvalue weighted by molar-refractivity contribution is 9.11. The van der Waals surface area contributed by atoms with E-state index in [-0.39, 0.29) is 12.0 Å². The molecule has 1 amide bonds. The third-order valence-corrected chi connectivity index (χ3v) is 5.52. The van der Waals surface area contributed by atoms with Gasteiger partial charge in [0.15, 0.2) is 0 Å². The van der Waals surface area contributed by atoms with Crippen molar-refractivity contribution in [3.63, 3.8) is 0 Å². The summed E-state index contributed by atoms with van der Waals surface area (Å²) < 4.78 is 1.01. The van der Waals surface area contributed by atoms with Gasteiger partial charge in [-0.2, -0.15) is 0 Å². The van der Waals surface area contributed by atoms with Crippen LogP contribution in [0.2, 0.25) is 0 Å². The number of carbonyl (C=O) groups is 1. The van der Waals surface area contributed by atoms with Crippen LogP contribution in [-0.2, 0) is 0 Å². The highest BCUT2D eigenvalue weighted by atomic mass is 79.9. The summed E-state index contributed by atoms with van der Waals surface area (Å²) >= 11 is 4.89. The van der Waals surface area contributed by atoms with Crippen LogP contribution in [0.15, 0.2) is 9.85 Å². The second kappa shape index (κ2) is 6.17. The van der Waals surface area contributed by atoms with Gasteiger partial charge in [-0.15, -0.1) is 11.3 Å². The van der Waals surface area contributed by atoms with Crippen molar-refractivity contribution in [1.82, 2.24) is 5.32 Å². The molecule has 1 aromatic heterocycles. The molecule has 1 saturated carbocycles. The second-order valence-corrected chi connectivity index (χ2v) is 7.33. The maximum atomic E-state index is 12.0. The third kappa shape index (κ3) is 3.56. The minimum atomic E-state index is -0.182. The number of hydrogen-bond donors (Lipinski definition) is 2. The fourth-order valence-electron chi connectivity index (χ4n) is 2.34. The Morgan fingerprint density at radius 3 is 3.00 bits per heavy atom. The number of rotatable bonds is 3. The van der Waals surface area contributed by atoms with Crippen molar-refractivity contribution in [3.05, 3.63) is 20.3 Å². The Hall–Kier alpha value is -0.390. The quantitative estimate of drug-likeness (QED) is 0.894. The normalized spacial score (nSPS) is 23.9. The molecule has 0 spiro atoms. The summed E-state index contributed by atoms with van der Waals surface area (Å²) in [6.45, 7) is 2.65. The van der Waals surface area contributed by atoms with Crippen molar-refractivity contribution < 1.29 is 9.90 Å². The van der Waals surface area contributed by atoms with Crippen LogP contribution in [0.1, 0.15) is 40.9 Å². The number of amides is 1. The topological polar surface area (TPSA) is 49.3 Å². The lowest BCUT2D eigenvalue weighted by Crippen LogP contribution is -2.32. The molecule has 0 aliphatic heterocycles. The molecule has 1 fully saturated rings. The summed E-state index contributed by atoms with van der Waals surface area (Å²) in [6.07, 6.45) is 3.70. The lowest BCUT2D eigenvalue weighted by atomic mass is 9.87. The molecule has 0 aromatic carbocycles. The molecule has 1 aromatic rings. The number of halogens is 1. The summed E-state index contributed by atoms with van der Waals surface area (Å²) in [4.78, 5) is 12.7. The third-order valence-electron chi connectivity index (χ3n) is 3.39. The van der Waals surface area contributed by atoms with Gasteiger partial charge >= 0.3 is 0 Å². The van der Waals surface area contributed by atoms with Gasteiger partial charge in [0, 0.05) is 6.54 Å². The van der Waals surface area contributed by atoms with E-state index in [4.69, 9.17) is 0 Å². The number of hydrogen-bond acceptors (Lipinski definition) is 3. The second-order valence-electron chi connectivity index (χ2n) is 4.96. The van der Waals surface area contributed by atoms with Gasteiger partial charge < -0.3 is 10.4 Å². The Kier molecular flexibility index (Phi) is 4.81. The van der Waals surface area contributed by atoms with Crippen LogP contribution in [0.3, 0.4) is 0 Å². The SMILES string of the molecule is Cc1cc(C(=O)NCC2CCCC(O)C2)sc1Br. The highest BCUT2D eigenvalue weighted by Crippen LogP contribution is 2.27. The number of nitrogens with one attached hydrogen (secondary N) is 1. The summed E-state index contributed by atoms with van der Waals surface area (Å²) in [7, 11) is 0. The first-order valence-corrected chi connectivity index (χ1v) is 7.89. The van der Waals surface area contributed by atoms with Crippen LogP contribution in [-0.4, -0.2) is 23.7 Å². The number of carbonyl (C=O) groups excluding carboxylic acids is 1. The van der Waals surface area contributed by atoms with Gasteiger partial charge in [0.25, 0.3) is 5.91 Å². The van der Waals surface area contributed by atoms with Gasteiger partial charge in [0.05, 0.1) is 14.8 Å². The minimum absolute atomic E-state index is 0.00568. The van der Waals surface area contributed by atoms with E-state index in [9.17, 15) is 9.90 Å². The number of aliphatic hydroxyl groups excluding tert-OH is 1. The van der Waals surface area contributed by atoms with E-state index in [2.05, 4.69) is 21.2 Å². The highest BCUT2D eigenvalue weighted by Gasteiger charge is 2.21. The van der Waals surface area contributed by atoms with E-state index >= 15 is 0 Å². The van der Waals surface area contributed by atoms with Gasteiger partial charge in [-0.25, -0.2) is 0 Å². The Bertz CT molecular complexity index is 413. The van der Waals surface area contributed by atoms with E-state index in [0.29, 0.717) is 12.5 Å². The molecule has 1 aliphatic carbocycles. The Morgan fingerprint density at radius 2 is 2.39 bits per heavy atom. The molecule has 100 valence electrons. The van der Waals surface area contributed by atoms with Crippen LogP contribution in [0, 0.1) is 12.8 Å². The molecule has 2 rings (SSSR count). The predicted molar refractivity (Wildman–Crippen MR) is 77.1 cm³/mol. The first-order valence-electron chi connectivity index (χ1n) is 6.28. The molecule has 2 unspecified atom stereocenters. The molecular formula is C13H18BrNO2S. The van der Waals surface area contributed by atoms with Gasteiger partial charge in [0.1, 0.15) is 0 Å². The Balaban J connectivity index is 1.84. The molecule has 1 heterocycles. The summed E-state index contributed by atoms with van der Waals surface area (Å²) in [6, 6.07) is 1.90.